The molecule has 2 saturated carbocycles. The Labute approximate surface area is 224 Å². The first-order valence-electron chi connectivity index (χ1n) is 13.6. The summed E-state index contributed by atoms with van der Waals surface area (Å²) in [5, 5.41) is 35.1. The number of esters is 2. The van der Waals surface area contributed by atoms with Crippen LogP contribution >= 0.6 is 0 Å². The van der Waals surface area contributed by atoms with Crippen LogP contribution in [0.3, 0.4) is 0 Å². The molecule has 2 bridgehead atoms. The third kappa shape index (κ3) is 3.56. The van der Waals surface area contributed by atoms with E-state index >= 15 is 0 Å². The zero-order chi connectivity index (χ0) is 28.6. The van der Waals surface area contributed by atoms with Gasteiger partial charge < -0.3 is 24.8 Å². The predicted octanol–water partition coefficient (Wildman–Crippen LogP) is 3.19. The summed E-state index contributed by atoms with van der Waals surface area (Å²) in [5.74, 6) is -3.04. The van der Waals surface area contributed by atoms with Gasteiger partial charge in [-0.3, -0.25) is 9.59 Å². The van der Waals surface area contributed by atoms with Crippen molar-refractivity contribution in [1.82, 2.24) is 0 Å². The molecule has 0 aromatic heterocycles. The van der Waals surface area contributed by atoms with E-state index in [1.165, 1.54) is 0 Å². The summed E-state index contributed by atoms with van der Waals surface area (Å²) < 4.78 is 11.7. The molecule has 3 N–H and O–H groups in total. The Morgan fingerprint density at radius 3 is 2.34 bits per heavy atom. The van der Waals surface area contributed by atoms with E-state index in [1.807, 2.05) is 27.7 Å². The van der Waals surface area contributed by atoms with Gasteiger partial charge in [0, 0.05) is 29.2 Å². The van der Waals surface area contributed by atoms with Crippen molar-refractivity contribution < 1.29 is 39.2 Å². The molecule has 0 heterocycles. The predicted molar refractivity (Wildman–Crippen MR) is 140 cm³/mol. The van der Waals surface area contributed by atoms with Crippen LogP contribution in [-0.4, -0.2) is 63.1 Å². The lowest BCUT2D eigenvalue weighted by Gasteiger charge is -2.48. The van der Waals surface area contributed by atoms with Gasteiger partial charge in [0.05, 0.1) is 5.41 Å². The third-order valence-electron chi connectivity index (χ3n) is 10.0. The minimum absolute atomic E-state index is 0.148. The smallest absolute Gasteiger partial charge is 0.333 e. The van der Waals surface area contributed by atoms with Gasteiger partial charge in [0.1, 0.15) is 30.0 Å². The van der Waals surface area contributed by atoms with Gasteiger partial charge >= 0.3 is 11.9 Å². The second-order valence-electron chi connectivity index (χ2n) is 12.6. The van der Waals surface area contributed by atoms with Crippen molar-refractivity contribution in [1.29, 1.82) is 0 Å². The monoisotopic (exact) mass is 530 g/mol. The van der Waals surface area contributed by atoms with E-state index in [1.54, 1.807) is 39.8 Å². The number of aliphatic hydroxyl groups excluding tert-OH is 2. The minimum Gasteiger partial charge on any atom is -0.458 e. The van der Waals surface area contributed by atoms with Gasteiger partial charge in [-0.1, -0.05) is 45.4 Å². The number of rotatable bonds is 6. The zero-order valence-electron chi connectivity index (χ0n) is 23.8. The highest BCUT2D eigenvalue weighted by molar-refractivity contribution is 5.96. The number of fused-ring (bicyclic) bond motifs is 3. The molecule has 0 amide bonds. The number of Topliss-reactive ketones (excluding diaryl/α,β-unsaturated/α-hetero) is 1. The lowest BCUT2D eigenvalue weighted by atomic mass is 9.59. The third-order valence-corrected chi connectivity index (χ3v) is 10.0. The molecule has 4 rings (SSSR count). The number of carbonyl (C=O) groups is 3. The van der Waals surface area contributed by atoms with Crippen molar-refractivity contribution in [2.45, 2.75) is 98.1 Å². The number of hydrogen-bond acceptors (Lipinski definition) is 8. The van der Waals surface area contributed by atoms with Gasteiger partial charge in [-0.05, 0) is 57.6 Å². The standard InChI is InChI=1S/C30H42O8/c1-9-10-21(31)38-29-13-17(5)28-12-16(4)23(32)30(28,36)24(33)19(14-37-26(35)18(6)15(2)3)11-20(25(28)34)22(29)27(29,7)8/h11-12,17,20,22-24,32-33,36H,9-10,13-14H2,1-8H3/t17?,20-,22+,23-,24+,28?,29-,30+/m0/s1. The van der Waals surface area contributed by atoms with E-state index in [0.29, 0.717) is 24.0 Å². The SMILES string of the molecule is CCCC(=O)O[C@@]12CC(C)C34C=C(C)[C@H](O)[C@@]3(O)[C@H](O)C(COC(=O)C(C)=C(C)C)=C[C@H](C4=O)[C@@H]1C2(C)C. The highest BCUT2D eigenvalue weighted by atomic mass is 16.6. The average molecular weight is 531 g/mol. The quantitative estimate of drug-likeness (QED) is 0.271. The summed E-state index contributed by atoms with van der Waals surface area (Å²) in [6, 6.07) is 0. The highest BCUT2D eigenvalue weighted by Crippen LogP contribution is 2.75. The molecule has 4 aliphatic carbocycles. The summed E-state index contributed by atoms with van der Waals surface area (Å²) in [5.41, 5.74) is -3.65. The number of ether oxygens (including phenoxy) is 2. The van der Waals surface area contributed by atoms with Crippen LogP contribution < -0.4 is 0 Å². The Balaban J connectivity index is 1.87. The van der Waals surface area contributed by atoms with E-state index in [2.05, 4.69) is 0 Å². The molecule has 8 atom stereocenters. The first-order chi connectivity index (χ1) is 17.5. The lowest BCUT2D eigenvalue weighted by molar-refractivity contribution is -0.192. The van der Waals surface area contributed by atoms with Gasteiger partial charge in [0.15, 0.2) is 5.78 Å². The topological polar surface area (TPSA) is 130 Å². The molecule has 8 nitrogen and oxygen atoms in total. The molecule has 210 valence electrons. The lowest BCUT2D eigenvalue weighted by Crippen LogP contribution is -2.65. The van der Waals surface area contributed by atoms with E-state index in [4.69, 9.17) is 9.47 Å². The number of allylic oxidation sites excluding steroid dienone is 2. The molecule has 4 aliphatic rings. The van der Waals surface area contributed by atoms with Gasteiger partial charge in [0.2, 0.25) is 0 Å². The number of aliphatic hydroxyl groups is 3. The molecule has 1 spiro atoms. The first kappa shape index (κ1) is 28.7. The molecular formula is C30H42O8. The molecule has 0 radical (unpaired) electrons. The molecule has 2 unspecified atom stereocenters. The van der Waals surface area contributed by atoms with Crippen LogP contribution in [-0.2, 0) is 23.9 Å². The Morgan fingerprint density at radius 1 is 1.13 bits per heavy atom. The van der Waals surface area contributed by atoms with E-state index in [0.717, 1.165) is 5.57 Å². The Bertz CT molecular complexity index is 1160. The molecule has 0 aromatic carbocycles. The average Bonchev–Trinajstić information content (AvgIpc) is 3.25. The fraction of sp³-hybridized carbons (Fsp3) is 0.700. The van der Waals surface area contributed by atoms with Gasteiger partial charge in [-0.15, -0.1) is 0 Å². The Hall–Kier alpha value is -2.29. The molecule has 8 heteroatoms. The van der Waals surface area contributed by atoms with Crippen LogP contribution in [0.2, 0.25) is 0 Å². The van der Waals surface area contributed by atoms with Crippen LogP contribution in [0.1, 0.15) is 74.7 Å². The zero-order valence-corrected chi connectivity index (χ0v) is 23.8. The Morgan fingerprint density at radius 2 is 1.76 bits per heavy atom. The number of carbonyl (C=O) groups excluding carboxylic acids is 3. The maximum atomic E-state index is 14.5. The minimum atomic E-state index is -2.28. The summed E-state index contributed by atoms with van der Waals surface area (Å²) >= 11 is 0. The number of hydrogen-bond donors (Lipinski definition) is 3. The van der Waals surface area contributed by atoms with Crippen molar-refractivity contribution in [3.8, 4) is 0 Å². The Kier molecular flexibility index (Phi) is 6.90. The van der Waals surface area contributed by atoms with E-state index < -0.39 is 58.0 Å². The van der Waals surface area contributed by atoms with Gasteiger partial charge in [-0.2, -0.15) is 0 Å². The van der Waals surface area contributed by atoms with Crippen LogP contribution in [0, 0.1) is 28.6 Å². The first-order valence-corrected chi connectivity index (χ1v) is 13.6. The van der Waals surface area contributed by atoms with Crippen LogP contribution in [0.5, 0.6) is 0 Å². The summed E-state index contributed by atoms with van der Waals surface area (Å²) in [7, 11) is 0. The maximum Gasteiger partial charge on any atom is 0.333 e. The number of ketones is 1. The van der Waals surface area contributed by atoms with E-state index in [9.17, 15) is 29.7 Å². The van der Waals surface area contributed by atoms with E-state index in [-0.39, 0.29) is 30.4 Å². The van der Waals surface area contributed by atoms with Crippen molar-refractivity contribution in [2.24, 2.45) is 28.6 Å². The normalized spacial score (nSPS) is 40.5. The van der Waals surface area contributed by atoms with Crippen LogP contribution in [0.15, 0.2) is 34.4 Å². The fourth-order valence-electron chi connectivity index (χ4n) is 7.64. The summed E-state index contributed by atoms with van der Waals surface area (Å²) in [6.45, 7) is 14.1. The molecule has 0 aliphatic heterocycles. The van der Waals surface area contributed by atoms with Crippen molar-refractivity contribution >= 4 is 17.7 Å². The van der Waals surface area contributed by atoms with Gasteiger partial charge in [0.25, 0.3) is 0 Å². The summed E-state index contributed by atoms with van der Waals surface area (Å²) in [6.07, 6.45) is 1.20. The molecule has 38 heavy (non-hydrogen) atoms. The highest BCUT2D eigenvalue weighted by Gasteiger charge is 2.83. The van der Waals surface area contributed by atoms with Crippen LogP contribution in [0.4, 0.5) is 0 Å². The maximum absolute atomic E-state index is 14.5. The van der Waals surface area contributed by atoms with Gasteiger partial charge in [-0.25, -0.2) is 4.79 Å². The summed E-state index contributed by atoms with van der Waals surface area (Å²) in [4.78, 5) is 39.9. The molecule has 0 aromatic rings. The van der Waals surface area contributed by atoms with Crippen molar-refractivity contribution in [3.63, 3.8) is 0 Å². The molecule has 2 fully saturated rings. The largest absolute Gasteiger partial charge is 0.458 e. The second kappa shape index (κ2) is 9.14. The molecular weight excluding hydrogens is 488 g/mol. The second-order valence-corrected chi connectivity index (χ2v) is 12.6. The van der Waals surface area contributed by atoms with Crippen LogP contribution in [0.25, 0.3) is 0 Å². The fourth-order valence-corrected chi connectivity index (χ4v) is 7.64. The van der Waals surface area contributed by atoms with Crippen molar-refractivity contribution in [3.05, 3.63) is 34.4 Å². The van der Waals surface area contributed by atoms with Crippen molar-refractivity contribution in [2.75, 3.05) is 6.61 Å². The molecule has 0 saturated heterocycles.